The van der Waals surface area contributed by atoms with Gasteiger partial charge in [0.05, 0.1) is 15.7 Å². The van der Waals surface area contributed by atoms with E-state index in [1.807, 2.05) is 0 Å². The maximum Gasteiger partial charge on any atom is 0.0635 e. The van der Waals surface area contributed by atoms with Crippen LogP contribution >= 0.6 is 11.6 Å². The molecule has 1 aliphatic rings. The average Bonchev–Trinajstić information content (AvgIpc) is 2.41. The summed E-state index contributed by atoms with van der Waals surface area (Å²) in [5, 5.41) is 0.850. The van der Waals surface area contributed by atoms with E-state index in [1.54, 1.807) is 18.2 Å². The maximum atomic E-state index is 12.5. The van der Waals surface area contributed by atoms with Crippen LogP contribution in [0.15, 0.2) is 23.1 Å². The number of nitrogens with two attached hydrogens (primary N) is 1. The molecule has 0 aromatic heterocycles. The van der Waals surface area contributed by atoms with Gasteiger partial charge < -0.3 is 5.73 Å². The molecule has 1 saturated carbocycles. The number of hydrogen-bond donors (Lipinski definition) is 1. The standard InChI is InChI=1S/C14H20ClNOS/c1-2-10-3-6-12(7-4-10)18(17)14-9-11(15)5-8-13(14)16/h5,8-10,12H,2-4,6-7,16H2,1H3. The van der Waals surface area contributed by atoms with Crippen molar-refractivity contribution in [1.29, 1.82) is 0 Å². The van der Waals surface area contributed by atoms with Crippen molar-refractivity contribution >= 4 is 28.1 Å². The van der Waals surface area contributed by atoms with Gasteiger partial charge in [-0.1, -0.05) is 24.9 Å². The first kappa shape index (κ1) is 13.9. The third-order valence-electron chi connectivity index (χ3n) is 3.87. The number of halogens is 1. The molecule has 1 aliphatic carbocycles. The van der Waals surface area contributed by atoms with Gasteiger partial charge in [-0.05, 0) is 49.8 Å². The van der Waals surface area contributed by atoms with Gasteiger partial charge in [-0.25, -0.2) is 0 Å². The minimum atomic E-state index is -1.02. The topological polar surface area (TPSA) is 43.1 Å². The summed E-state index contributed by atoms with van der Waals surface area (Å²) in [5.74, 6) is 0.815. The molecule has 1 unspecified atom stereocenters. The van der Waals surface area contributed by atoms with Gasteiger partial charge in [-0.15, -0.1) is 0 Å². The van der Waals surface area contributed by atoms with Gasteiger partial charge in [-0.3, -0.25) is 4.21 Å². The average molecular weight is 286 g/mol. The van der Waals surface area contributed by atoms with E-state index in [2.05, 4.69) is 6.92 Å². The van der Waals surface area contributed by atoms with Crippen molar-refractivity contribution in [3.63, 3.8) is 0 Å². The van der Waals surface area contributed by atoms with Crippen LogP contribution in [-0.4, -0.2) is 9.46 Å². The van der Waals surface area contributed by atoms with Gasteiger partial charge in [-0.2, -0.15) is 0 Å². The van der Waals surface area contributed by atoms with E-state index in [0.717, 1.165) is 18.8 Å². The molecule has 2 rings (SSSR count). The highest BCUT2D eigenvalue weighted by atomic mass is 35.5. The molecule has 0 saturated heterocycles. The molecule has 1 aromatic rings. The smallest absolute Gasteiger partial charge is 0.0635 e. The Morgan fingerprint density at radius 1 is 1.33 bits per heavy atom. The van der Waals surface area contributed by atoms with Crippen molar-refractivity contribution in [2.24, 2.45) is 5.92 Å². The molecule has 2 nitrogen and oxygen atoms in total. The first-order valence-electron chi connectivity index (χ1n) is 6.57. The Balaban J connectivity index is 2.10. The number of anilines is 1. The van der Waals surface area contributed by atoms with Crippen molar-refractivity contribution in [1.82, 2.24) is 0 Å². The molecule has 0 radical (unpaired) electrons. The van der Waals surface area contributed by atoms with Crippen molar-refractivity contribution < 1.29 is 4.21 Å². The van der Waals surface area contributed by atoms with Gasteiger partial charge in [0.25, 0.3) is 0 Å². The second-order valence-electron chi connectivity index (χ2n) is 5.03. The molecule has 0 amide bonds. The van der Waals surface area contributed by atoms with E-state index >= 15 is 0 Å². The van der Waals surface area contributed by atoms with Crippen LogP contribution in [0.3, 0.4) is 0 Å². The molecule has 4 heteroatoms. The highest BCUT2D eigenvalue weighted by Gasteiger charge is 2.26. The van der Waals surface area contributed by atoms with Gasteiger partial charge in [0, 0.05) is 16.0 Å². The van der Waals surface area contributed by atoms with Crippen molar-refractivity contribution in [2.45, 2.75) is 49.2 Å². The fourth-order valence-corrected chi connectivity index (χ4v) is 4.46. The zero-order valence-electron chi connectivity index (χ0n) is 10.7. The lowest BCUT2D eigenvalue weighted by molar-refractivity contribution is 0.353. The third kappa shape index (κ3) is 3.07. The molecule has 0 spiro atoms. The predicted molar refractivity (Wildman–Crippen MR) is 78.3 cm³/mol. The zero-order valence-corrected chi connectivity index (χ0v) is 12.3. The molecule has 1 aromatic carbocycles. The lowest BCUT2D eigenvalue weighted by Gasteiger charge is -2.27. The summed E-state index contributed by atoms with van der Waals surface area (Å²) in [6, 6.07) is 5.23. The van der Waals surface area contributed by atoms with Gasteiger partial charge in [0.2, 0.25) is 0 Å². The van der Waals surface area contributed by atoms with E-state index in [9.17, 15) is 4.21 Å². The third-order valence-corrected chi connectivity index (χ3v) is 5.97. The second kappa shape index (κ2) is 6.07. The van der Waals surface area contributed by atoms with Crippen LogP contribution in [0.5, 0.6) is 0 Å². The number of hydrogen-bond acceptors (Lipinski definition) is 2. The van der Waals surface area contributed by atoms with Crippen LogP contribution in [0.1, 0.15) is 39.0 Å². The lowest BCUT2D eigenvalue weighted by Crippen LogP contribution is -2.23. The Morgan fingerprint density at radius 2 is 2.00 bits per heavy atom. The fourth-order valence-electron chi connectivity index (χ4n) is 2.62. The highest BCUT2D eigenvalue weighted by molar-refractivity contribution is 7.85. The minimum absolute atomic E-state index is 0.244. The molecule has 0 heterocycles. The summed E-state index contributed by atoms with van der Waals surface area (Å²) >= 11 is 5.96. The van der Waals surface area contributed by atoms with Crippen molar-refractivity contribution in [2.75, 3.05) is 5.73 Å². The Labute approximate surface area is 116 Å². The molecule has 2 N–H and O–H groups in total. The molecule has 100 valence electrons. The Kier molecular flexibility index (Phi) is 4.68. The molecule has 1 atom stereocenters. The minimum Gasteiger partial charge on any atom is -0.398 e. The predicted octanol–water partition coefficient (Wildman–Crippen LogP) is 4.00. The summed E-state index contributed by atoms with van der Waals surface area (Å²) in [6.07, 6.45) is 5.69. The van der Waals surface area contributed by atoms with Crippen molar-refractivity contribution in [3.05, 3.63) is 23.2 Å². The fraction of sp³-hybridized carbons (Fsp3) is 0.571. The molecular weight excluding hydrogens is 266 g/mol. The van der Waals surface area contributed by atoms with Crippen molar-refractivity contribution in [3.8, 4) is 0 Å². The molecule has 1 fully saturated rings. The van der Waals surface area contributed by atoms with Gasteiger partial charge in [0.15, 0.2) is 0 Å². The Hall–Kier alpha value is -0.540. The van der Waals surface area contributed by atoms with Crippen LogP contribution in [0.4, 0.5) is 5.69 Å². The highest BCUT2D eigenvalue weighted by Crippen LogP contribution is 2.33. The summed E-state index contributed by atoms with van der Waals surface area (Å²) in [6.45, 7) is 2.23. The molecule has 0 bridgehead atoms. The molecule has 18 heavy (non-hydrogen) atoms. The maximum absolute atomic E-state index is 12.5. The Morgan fingerprint density at radius 3 is 2.61 bits per heavy atom. The van der Waals surface area contributed by atoms with Crippen LogP contribution in [0, 0.1) is 5.92 Å². The van der Waals surface area contributed by atoms with Gasteiger partial charge >= 0.3 is 0 Å². The normalized spacial score (nSPS) is 25.9. The Bertz CT molecular complexity index is 441. The molecular formula is C14H20ClNOS. The number of rotatable bonds is 3. The van der Waals surface area contributed by atoms with E-state index in [0.29, 0.717) is 15.6 Å². The first-order chi connectivity index (χ1) is 8.61. The van der Waals surface area contributed by atoms with Crippen LogP contribution in [-0.2, 0) is 10.8 Å². The summed E-state index contributed by atoms with van der Waals surface area (Å²) in [5.41, 5.74) is 6.49. The van der Waals surface area contributed by atoms with Crippen LogP contribution < -0.4 is 5.73 Å². The summed E-state index contributed by atoms with van der Waals surface area (Å²) in [7, 11) is -1.02. The summed E-state index contributed by atoms with van der Waals surface area (Å²) in [4.78, 5) is 0.711. The first-order valence-corrected chi connectivity index (χ1v) is 8.16. The van der Waals surface area contributed by atoms with E-state index in [-0.39, 0.29) is 5.25 Å². The number of benzene rings is 1. The second-order valence-corrected chi connectivity index (χ2v) is 7.17. The van der Waals surface area contributed by atoms with Crippen LogP contribution in [0.25, 0.3) is 0 Å². The monoisotopic (exact) mass is 285 g/mol. The van der Waals surface area contributed by atoms with E-state index < -0.39 is 10.8 Å². The zero-order chi connectivity index (χ0) is 13.1. The largest absolute Gasteiger partial charge is 0.398 e. The SMILES string of the molecule is CCC1CCC(S(=O)c2cc(Cl)ccc2N)CC1. The van der Waals surface area contributed by atoms with Crippen LogP contribution in [0.2, 0.25) is 5.02 Å². The van der Waals surface area contributed by atoms with E-state index in [1.165, 1.54) is 19.3 Å². The quantitative estimate of drug-likeness (QED) is 0.853. The number of nitrogen functional groups attached to an aromatic ring is 1. The van der Waals surface area contributed by atoms with E-state index in [4.69, 9.17) is 17.3 Å². The molecule has 0 aliphatic heterocycles. The summed E-state index contributed by atoms with van der Waals surface area (Å²) < 4.78 is 12.5. The van der Waals surface area contributed by atoms with Gasteiger partial charge in [0.1, 0.15) is 0 Å². The lowest BCUT2D eigenvalue weighted by atomic mass is 9.87.